The van der Waals surface area contributed by atoms with Crippen LogP contribution in [-0.2, 0) is 4.74 Å². The van der Waals surface area contributed by atoms with Crippen molar-refractivity contribution in [3.05, 3.63) is 0 Å². The van der Waals surface area contributed by atoms with E-state index in [-0.39, 0.29) is 6.54 Å². The minimum Gasteiger partial charge on any atom is -0.444 e. The van der Waals surface area contributed by atoms with E-state index in [1.165, 1.54) is 4.90 Å². The highest BCUT2D eigenvalue weighted by Crippen LogP contribution is 2.29. The van der Waals surface area contributed by atoms with Gasteiger partial charge in [-0.25, -0.2) is 4.79 Å². The van der Waals surface area contributed by atoms with Crippen molar-refractivity contribution in [1.29, 1.82) is 0 Å². The van der Waals surface area contributed by atoms with E-state index in [4.69, 9.17) is 4.74 Å². The van der Waals surface area contributed by atoms with Crippen molar-refractivity contribution >= 4 is 6.09 Å². The molecule has 0 bridgehead atoms. The summed E-state index contributed by atoms with van der Waals surface area (Å²) >= 11 is 0. The van der Waals surface area contributed by atoms with Gasteiger partial charge in [0.15, 0.2) is 0 Å². The zero-order valence-electron chi connectivity index (χ0n) is 12.6. The summed E-state index contributed by atoms with van der Waals surface area (Å²) in [6.45, 7) is 9.96. The molecule has 0 spiro atoms. The number of carbonyl (C=O) groups is 1. The predicted molar refractivity (Wildman–Crippen MR) is 72.8 cm³/mol. The summed E-state index contributed by atoms with van der Waals surface area (Å²) in [5.74, 6) is 0.299. The molecular weight excluding hydrogens is 246 g/mol. The van der Waals surface area contributed by atoms with Gasteiger partial charge >= 0.3 is 6.09 Å². The number of aliphatic hydroxyl groups excluding tert-OH is 1. The Morgan fingerprint density at radius 1 is 1.47 bits per heavy atom. The summed E-state index contributed by atoms with van der Waals surface area (Å²) in [5, 5.41) is 20.5. The highest BCUT2D eigenvalue weighted by Gasteiger charge is 2.42. The van der Waals surface area contributed by atoms with Gasteiger partial charge in [0.2, 0.25) is 0 Å². The van der Waals surface area contributed by atoms with Crippen LogP contribution in [-0.4, -0.2) is 51.6 Å². The van der Waals surface area contributed by atoms with Crippen molar-refractivity contribution in [1.82, 2.24) is 4.90 Å². The predicted octanol–water partition coefficient (Wildman–Crippen LogP) is 1.77. The number of rotatable bonds is 2. The summed E-state index contributed by atoms with van der Waals surface area (Å²) in [6, 6.07) is 0. The first-order valence-electron chi connectivity index (χ1n) is 6.92. The van der Waals surface area contributed by atoms with Crippen LogP contribution in [0.25, 0.3) is 0 Å². The van der Waals surface area contributed by atoms with E-state index in [0.717, 1.165) is 0 Å². The third-order valence-electron chi connectivity index (χ3n) is 3.24. The first kappa shape index (κ1) is 16.2. The van der Waals surface area contributed by atoms with Crippen LogP contribution in [0, 0.1) is 5.92 Å². The van der Waals surface area contributed by atoms with Crippen molar-refractivity contribution in [2.75, 3.05) is 13.1 Å². The Bertz CT molecular complexity index is 324. The Kier molecular flexibility index (Phi) is 4.85. The molecule has 2 N–H and O–H groups in total. The van der Waals surface area contributed by atoms with Crippen LogP contribution in [0.1, 0.15) is 47.5 Å². The third-order valence-corrected chi connectivity index (χ3v) is 3.24. The quantitative estimate of drug-likeness (QED) is 0.804. The lowest BCUT2D eigenvalue weighted by atomic mass is 9.82. The molecule has 1 aliphatic rings. The number of aliphatic hydroxyl groups is 2. The minimum atomic E-state index is -1.09. The van der Waals surface area contributed by atoms with Crippen LogP contribution in [0.2, 0.25) is 0 Å². The Hall–Kier alpha value is -0.810. The molecule has 0 radical (unpaired) electrons. The molecule has 1 heterocycles. The van der Waals surface area contributed by atoms with Crippen LogP contribution in [0.4, 0.5) is 4.79 Å². The summed E-state index contributed by atoms with van der Waals surface area (Å²) in [7, 11) is 0. The van der Waals surface area contributed by atoms with Crippen LogP contribution >= 0.6 is 0 Å². The van der Waals surface area contributed by atoms with Crippen molar-refractivity contribution < 1.29 is 19.7 Å². The van der Waals surface area contributed by atoms with Crippen LogP contribution in [0.15, 0.2) is 0 Å². The van der Waals surface area contributed by atoms with Crippen LogP contribution in [0.3, 0.4) is 0 Å². The molecule has 112 valence electrons. The van der Waals surface area contributed by atoms with E-state index < -0.39 is 23.4 Å². The van der Waals surface area contributed by atoms with Gasteiger partial charge in [-0.3, -0.25) is 0 Å². The molecule has 0 aromatic carbocycles. The number of hydrogen-bond donors (Lipinski definition) is 2. The molecule has 0 aromatic rings. The first-order chi connectivity index (χ1) is 8.53. The molecule has 0 saturated carbocycles. The second kappa shape index (κ2) is 5.67. The van der Waals surface area contributed by atoms with Gasteiger partial charge in [-0.1, -0.05) is 13.8 Å². The summed E-state index contributed by atoms with van der Waals surface area (Å²) in [6.07, 6.45) is -0.434. The average Bonchev–Trinajstić information content (AvgIpc) is 2.18. The number of nitrogens with zero attached hydrogens (tertiary/aromatic N) is 1. The van der Waals surface area contributed by atoms with Gasteiger partial charge in [0.1, 0.15) is 11.7 Å². The zero-order chi connectivity index (χ0) is 14.8. The van der Waals surface area contributed by atoms with E-state index in [9.17, 15) is 15.0 Å². The van der Waals surface area contributed by atoms with Crippen molar-refractivity contribution in [3.8, 4) is 0 Å². The molecule has 5 nitrogen and oxygen atoms in total. The molecular formula is C14H27NO4. The van der Waals surface area contributed by atoms with E-state index >= 15 is 0 Å². The molecule has 1 amide bonds. The second-order valence-electron chi connectivity index (χ2n) is 6.89. The minimum absolute atomic E-state index is 0.123. The zero-order valence-corrected chi connectivity index (χ0v) is 12.6. The molecule has 0 aliphatic carbocycles. The molecule has 19 heavy (non-hydrogen) atoms. The van der Waals surface area contributed by atoms with E-state index in [0.29, 0.717) is 25.3 Å². The Morgan fingerprint density at radius 2 is 2.05 bits per heavy atom. The van der Waals surface area contributed by atoms with E-state index in [2.05, 4.69) is 0 Å². The van der Waals surface area contributed by atoms with E-state index in [1.807, 2.05) is 13.8 Å². The molecule has 1 saturated heterocycles. The Labute approximate surface area is 115 Å². The number of amides is 1. The second-order valence-corrected chi connectivity index (χ2v) is 6.89. The lowest BCUT2D eigenvalue weighted by molar-refractivity contribution is -0.126. The van der Waals surface area contributed by atoms with Gasteiger partial charge in [0.25, 0.3) is 0 Å². The van der Waals surface area contributed by atoms with Gasteiger partial charge in [-0.05, 0) is 39.5 Å². The molecule has 1 rings (SSSR count). The SMILES string of the molecule is CC(C)C[C@@]1(O)CCN(C(=O)OC(C)(C)C)C[C@H]1O. The maximum Gasteiger partial charge on any atom is 0.410 e. The summed E-state index contributed by atoms with van der Waals surface area (Å²) in [5.41, 5.74) is -1.64. The topological polar surface area (TPSA) is 70.0 Å². The molecule has 1 fully saturated rings. The fourth-order valence-electron chi connectivity index (χ4n) is 2.40. The molecule has 2 atom stereocenters. The molecule has 0 unspecified atom stereocenters. The van der Waals surface area contributed by atoms with Crippen molar-refractivity contribution in [2.45, 2.75) is 64.8 Å². The van der Waals surface area contributed by atoms with Crippen LogP contribution in [0.5, 0.6) is 0 Å². The van der Waals surface area contributed by atoms with Crippen molar-refractivity contribution in [3.63, 3.8) is 0 Å². The normalized spacial score (nSPS) is 28.6. The fraction of sp³-hybridized carbons (Fsp3) is 0.929. The number of carbonyl (C=O) groups excluding carboxylic acids is 1. The monoisotopic (exact) mass is 273 g/mol. The lowest BCUT2D eigenvalue weighted by Gasteiger charge is -2.43. The Morgan fingerprint density at radius 3 is 2.47 bits per heavy atom. The van der Waals surface area contributed by atoms with Gasteiger partial charge in [0.05, 0.1) is 12.1 Å². The number of piperidine rings is 1. The highest BCUT2D eigenvalue weighted by atomic mass is 16.6. The largest absolute Gasteiger partial charge is 0.444 e. The van der Waals surface area contributed by atoms with Crippen molar-refractivity contribution in [2.24, 2.45) is 5.92 Å². The first-order valence-corrected chi connectivity index (χ1v) is 6.92. The fourth-order valence-corrected chi connectivity index (χ4v) is 2.40. The van der Waals surface area contributed by atoms with E-state index in [1.54, 1.807) is 20.8 Å². The average molecular weight is 273 g/mol. The number of β-amino-alcohol motifs (C(OH)–C–C–N with tert-alkyl or cyclic N) is 1. The summed E-state index contributed by atoms with van der Waals surface area (Å²) < 4.78 is 5.27. The smallest absolute Gasteiger partial charge is 0.410 e. The highest BCUT2D eigenvalue weighted by molar-refractivity contribution is 5.68. The third kappa shape index (κ3) is 4.66. The molecule has 1 aliphatic heterocycles. The Balaban J connectivity index is 2.61. The molecule has 5 heteroatoms. The summed E-state index contributed by atoms with van der Waals surface area (Å²) in [4.78, 5) is 13.4. The van der Waals surface area contributed by atoms with Gasteiger partial charge in [0, 0.05) is 6.54 Å². The molecule has 0 aromatic heterocycles. The standard InChI is InChI=1S/C14H27NO4/c1-10(2)8-14(18)6-7-15(9-11(14)16)12(17)19-13(3,4)5/h10-11,16,18H,6-9H2,1-5H3/t11-,14+/m1/s1. The number of likely N-dealkylation sites (tertiary alicyclic amines) is 1. The van der Waals surface area contributed by atoms with Gasteiger partial charge in [-0.2, -0.15) is 0 Å². The van der Waals surface area contributed by atoms with Crippen LogP contribution < -0.4 is 0 Å². The maximum absolute atomic E-state index is 11.9. The lowest BCUT2D eigenvalue weighted by Crippen LogP contribution is -2.57. The maximum atomic E-state index is 11.9. The van der Waals surface area contributed by atoms with Gasteiger partial charge < -0.3 is 19.8 Å². The number of hydrogen-bond acceptors (Lipinski definition) is 4. The van der Waals surface area contributed by atoms with Gasteiger partial charge in [-0.15, -0.1) is 0 Å². The number of ether oxygens (including phenoxy) is 1.